The minimum absolute atomic E-state index is 0.206. The van der Waals surface area contributed by atoms with Gasteiger partial charge in [0.05, 0.1) is 5.57 Å². The van der Waals surface area contributed by atoms with Crippen molar-refractivity contribution in [2.24, 2.45) is 5.11 Å². The molecule has 1 rings (SSSR count). The quantitative estimate of drug-likeness (QED) is 0.243. The largest absolute Gasteiger partial charge is 0.288 e. The zero-order chi connectivity index (χ0) is 10.4. The van der Waals surface area contributed by atoms with Crippen LogP contribution in [0.4, 0.5) is 0 Å². The third-order valence-electron chi connectivity index (χ3n) is 1.32. The summed E-state index contributed by atoms with van der Waals surface area (Å²) >= 11 is 1.34. The highest BCUT2D eigenvalue weighted by Gasteiger charge is 2.03. The molecule has 1 aromatic rings. The molecule has 0 aliphatic carbocycles. The maximum absolute atomic E-state index is 10.9. The summed E-state index contributed by atoms with van der Waals surface area (Å²) in [5.74, 6) is -0.766. The highest BCUT2D eigenvalue weighted by Crippen LogP contribution is 2.19. The van der Waals surface area contributed by atoms with E-state index in [1.54, 1.807) is 17.5 Å². The lowest BCUT2D eigenvalue weighted by molar-refractivity contribution is -0.113. The van der Waals surface area contributed by atoms with Crippen LogP contribution in [0.15, 0.2) is 28.7 Å². The normalized spacial score (nSPS) is 10.1. The Hall–Kier alpha value is -2.09. The lowest BCUT2D eigenvalue weighted by Crippen LogP contribution is -1.86. The number of amides is 1. The second-order valence-corrected chi connectivity index (χ2v) is 3.12. The highest BCUT2D eigenvalue weighted by atomic mass is 32.1. The van der Waals surface area contributed by atoms with Gasteiger partial charge in [-0.2, -0.15) is 5.26 Å². The molecule has 1 aromatic heterocycles. The van der Waals surface area contributed by atoms with Crippen LogP contribution in [-0.2, 0) is 4.79 Å². The van der Waals surface area contributed by atoms with Gasteiger partial charge in [-0.05, 0) is 22.1 Å². The maximum Gasteiger partial charge on any atom is 0.243 e. The summed E-state index contributed by atoms with van der Waals surface area (Å²) in [4.78, 5) is 13.9. The van der Waals surface area contributed by atoms with E-state index in [1.165, 1.54) is 11.3 Å². The van der Waals surface area contributed by atoms with Crippen LogP contribution >= 0.6 is 11.3 Å². The molecule has 0 saturated carbocycles. The van der Waals surface area contributed by atoms with Gasteiger partial charge in [-0.15, -0.1) is 11.3 Å². The number of nitriles is 1. The van der Waals surface area contributed by atoms with Gasteiger partial charge in [0.1, 0.15) is 6.07 Å². The molecular formula is C8H4N4OS. The van der Waals surface area contributed by atoms with E-state index in [2.05, 4.69) is 10.0 Å². The van der Waals surface area contributed by atoms with Gasteiger partial charge in [0.2, 0.25) is 5.91 Å². The van der Waals surface area contributed by atoms with E-state index in [-0.39, 0.29) is 5.57 Å². The Morgan fingerprint density at radius 2 is 2.57 bits per heavy atom. The molecule has 0 unspecified atom stereocenters. The van der Waals surface area contributed by atoms with Gasteiger partial charge in [0, 0.05) is 15.9 Å². The van der Waals surface area contributed by atoms with Gasteiger partial charge >= 0.3 is 0 Å². The van der Waals surface area contributed by atoms with Gasteiger partial charge in [0.25, 0.3) is 0 Å². The first-order valence-corrected chi connectivity index (χ1v) is 4.40. The van der Waals surface area contributed by atoms with Crippen LogP contribution in [-0.4, -0.2) is 5.91 Å². The first kappa shape index (κ1) is 9.99. The van der Waals surface area contributed by atoms with E-state index < -0.39 is 5.91 Å². The zero-order valence-corrected chi connectivity index (χ0v) is 7.73. The van der Waals surface area contributed by atoms with Crippen LogP contribution in [0.2, 0.25) is 0 Å². The molecule has 0 N–H and O–H groups in total. The second kappa shape index (κ2) is 4.82. The molecule has 1 heterocycles. The molecule has 5 nitrogen and oxygen atoms in total. The van der Waals surface area contributed by atoms with Crippen molar-refractivity contribution in [1.82, 2.24) is 0 Å². The van der Waals surface area contributed by atoms with Crippen molar-refractivity contribution < 1.29 is 4.79 Å². The summed E-state index contributed by atoms with van der Waals surface area (Å²) in [5.41, 5.74) is 8.19. The van der Waals surface area contributed by atoms with E-state index in [4.69, 9.17) is 10.8 Å². The molecule has 14 heavy (non-hydrogen) atoms. The van der Waals surface area contributed by atoms with Gasteiger partial charge in [-0.25, -0.2) is 0 Å². The van der Waals surface area contributed by atoms with E-state index in [0.717, 1.165) is 6.08 Å². The van der Waals surface area contributed by atoms with Crippen molar-refractivity contribution in [3.8, 4) is 6.07 Å². The first-order chi connectivity index (χ1) is 6.77. The highest BCUT2D eigenvalue weighted by molar-refractivity contribution is 7.11. The van der Waals surface area contributed by atoms with Crippen LogP contribution in [0.1, 0.15) is 4.88 Å². The SMILES string of the molecule is N#C/C(=C/C(=O)N=[N+]=[N-])c1cccs1. The molecule has 6 heteroatoms. The Morgan fingerprint density at radius 1 is 1.79 bits per heavy atom. The summed E-state index contributed by atoms with van der Waals surface area (Å²) in [6.45, 7) is 0. The minimum Gasteiger partial charge on any atom is -0.288 e. The fourth-order valence-corrected chi connectivity index (χ4v) is 1.48. The lowest BCUT2D eigenvalue weighted by Gasteiger charge is -1.89. The van der Waals surface area contributed by atoms with Crippen molar-refractivity contribution in [3.05, 3.63) is 38.9 Å². The number of azide groups is 1. The molecule has 0 bridgehead atoms. The first-order valence-electron chi connectivity index (χ1n) is 3.52. The topological polar surface area (TPSA) is 89.6 Å². The van der Waals surface area contributed by atoms with E-state index in [1.807, 2.05) is 6.07 Å². The number of hydrogen-bond acceptors (Lipinski definition) is 3. The average molecular weight is 204 g/mol. The summed E-state index contributed by atoms with van der Waals surface area (Å²) in [7, 11) is 0. The average Bonchev–Trinajstić information content (AvgIpc) is 2.67. The summed E-state index contributed by atoms with van der Waals surface area (Å²) in [6.07, 6.45) is 1.02. The smallest absolute Gasteiger partial charge is 0.243 e. The molecule has 0 atom stereocenters. The fourth-order valence-electron chi connectivity index (χ4n) is 0.787. The number of rotatable bonds is 2. The zero-order valence-electron chi connectivity index (χ0n) is 6.91. The Bertz CT molecular complexity index is 448. The fraction of sp³-hybridized carbons (Fsp3) is 0. The van der Waals surface area contributed by atoms with E-state index >= 15 is 0 Å². The molecule has 0 aliphatic heterocycles. The van der Waals surface area contributed by atoms with Gasteiger partial charge in [-0.3, -0.25) is 4.79 Å². The van der Waals surface area contributed by atoms with E-state index in [0.29, 0.717) is 4.88 Å². The third-order valence-corrected chi connectivity index (χ3v) is 2.22. The Kier molecular flexibility index (Phi) is 3.44. The Morgan fingerprint density at radius 3 is 3.07 bits per heavy atom. The van der Waals surface area contributed by atoms with Crippen LogP contribution in [0.5, 0.6) is 0 Å². The molecule has 0 fully saturated rings. The van der Waals surface area contributed by atoms with Gasteiger partial charge < -0.3 is 0 Å². The molecule has 0 saturated heterocycles. The van der Waals surface area contributed by atoms with Crippen molar-refractivity contribution in [3.63, 3.8) is 0 Å². The van der Waals surface area contributed by atoms with Crippen LogP contribution in [0.25, 0.3) is 16.0 Å². The summed E-state index contributed by atoms with van der Waals surface area (Å²) < 4.78 is 0. The number of carbonyl (C=O) groups excluding carboxylic acids is 1. The number of nitrogens with zero attached hydrogens (tertiary/aromatic N) is 4. The molecule has 68 valence electrons. The van der Waals surface area contributed by atoms with Crippen LogP contribution in [0, 0.1) is 11.3 Å². The number of hydrogen-bond donors (Lipinski definition) is 0. The minimum atomic E-state index is -0.766. The predicted octanol–water partition coefficient (Wildman–Crippen LogP) is 2.49. The standard InChI is InChI=1S/C8H4N4OS/c9-5-6(4-8(13)11-12-10)7-2-1-3-14-7/h1-4H/b6-4-. The number of carbonyl (C=O) groups is 1. The third kappa shape index (κ3) is 2.45. The van der Waals surface area contributed by atoms with Crippen molar-refractivity contribution in [2.45, 2.75) is 0 Å². The van der Waals surface area contributed by atoms with Crippen LogP contribution in [0.3, 0.4) is 0 Å². The predicted molar refractivity (Wildman–Crippen MR) is 52.1 cm³/mol. The monoisotopic (exact) mass is 204 g/mol. The summed E-state index contributed by atoms with van der Waals surface area (Å²) in [5, 5.41) is 13.3. The van der Waals surface area contributed by atoms with Crippen molar-refractivity contribution in [1.29, 1.82) is 5.26 Å². The molecule has 0 aliphatic rings. The maximum atomic E-state index is 10.9. The molecule has 0 spiro atoms. The van der Waals surface area contributed by atoms with Gasteiger partial charge in [0.15, 0.2) is 0 Å². The lowest BCUT2D eigenvalue weighted by atomic mass is 10.2. The molecular weight excluding hydrogens is 200 g/mol. The molecule has 1 amide bonds. The Balaban J connectivity index is 3.00. The number of allylic oxidation sites excluding steroid dienone is 1. The van der Waals surface area contributed by atoms with Gasteiger partial charge in [-0.1, -0.05) is 6.07 Å². The molecule has 0 radical (unpaired) electrons. The van der Waals surface area contributed by atoms with Crippen LogP contribution < -0.4 is 0 Å². The molecule has 0 aromatic carbocycles. The number of thiophene rings is 1. The Labute approximate surface area is 83.5 Å². The summed E-state index contributed by atoms with van der Waals surface area (Å²) in [6, 6.07) is 5.34. The van der Waals surface area contributed by atoms with Crippen molar-refractivity contribution in [2.75, 3.05) is 0 Å². The van der Waals surface area contributed by atoms with Crippen molar-refractivity contribution >= 4 is 22.8 Å². The van der Waals surface area contributed by atoms with E-state index in [9.17, 15) is 4.79 Å². The second-order valence-electron chi connectivity index (χ2n) is 2.17.